The Hall–Kier alpha value is -2.32. The van der Waals surface area contributed by atoms with E-state index in [0.29, 0.717) is 41.6 Å². The van der Waals surface area contributed by atoms with E-state index >= 15 is 0 Å². The van der Waals surface area contributed by atoms with Crippen molar-refractivity contribution in [2.45, 2.75) is 44.4 Å². The molecule has 0 radical (unpaired) electrons. The SMILES string of the molecule is COc1ccc(S(=O)(=O)N2CCCCCC2)cc1NC(=O)c1cc(C)oc1C. The number of hydrogen-bond acceptors (Lipinski definition) is 5. The number of nitrogens with zero attached hydrogens (tertiary/aromatic N) is 1. The molecule has 2 aromatic rings. The molecule has 1 saturated heterocycles. The van der Waals surface area contributed by atoms with Gasteiger partial charge in [0.1, 0.15) is 17.3 Å². The fourth-order valence-corrected chi connectivity index (χ4v) is 4.97. The fraction of sp³-hybridized carbons (Fsp3) is 0.450. The van der Waals surface area contributed by atoms with Crippen LogP contribution < -0.4 is 10.1 Å². The number of nitrogens with one attached hydrogen (secondary N) is 1. The summed E-state index contributed by atoms with van der Waals surface area (Å²) in [4.78, 5) is 12.8. The average molecular weight is 407 g/mol. The molecule has 0 bridgehead atoms. The van der Waals surface area contributed by atoms with Gasteiger partial charge in [0, 0.05) is 13.1 Å². The standard InChI is InChI=1S/C20H26N2O5S/c1-14-12-17(15(2)27-14)20(23)21-18-13-16(8-9-19(18)26-3)28(24,25)22-10-6-4-5-7-11-22/h8-9,12-13H,4-7,10-11H2,1-3H3,(H,21,23). The number of furan rings is 1. The Bertz CT molecular complexity index is 957. The van der Waals surface area contributed by atoms with Gasteiger partial charge in [0.2, 0.25) is 10.0 Å². The summed E-state index contributed by atoms with van der Waals surface area (Å²) < 4.78 is 38.4. The first-order valence-electron chi connectivity index (χ1n) is 9.39. The summed E-state index contributed by atoms with van der Waals surface area (Å²) in [6.45, 7) is 4.51. The molecule has 28 heavy (non-hydrogen) atoms. The van der Waals surface area contributed by atoms with E-state index in [1.807, 2.05) is 0 Å². The summed E-state index contributed by atoms with van der Waals surface area (Å²) in [5.41, 5.74) is 0.710. The van der Waals surface area contributed by atoms with Crippen LogP contribution in [0.1, 0.15) is 47.6 Å². The van der Waals surface area contributed by atoms with Crippen LogP contribution >= 0.6 is 0 Å². The Morgan fingerprint density at radius 2 is 1.79 bits per heavy atom. The number of sulfonamides is 1. The number of benzene rings is 1. The van der Waals surface area contributed by atoms with Crippen molar-refractivity contribution in [1.82, 2.24) is 4.31 Å². The summed E-state index contributed by atoms with van der Waals surface area (Å²) in [6, 6.07) is 6.18. The van der Waals surface area contributed by atoms with Gasteiger partial charge in [-0.3, -0.25) is 4.79 Å². The number of methoxy groups -OCH3 is 1. The number of aryl methyl sites for hydroxylation is 2. The van der Waals surface area contributed by atoms with E-state index in [4.69, 9.17) is 9.15 Å². The van der Waals surface area contributed by atoms with E-state index in [1.54, 1.807) is 26.0 Å². The van der Waals surface area contributed by atoms with Gasteiger partial charge in [-0.15, -0.1) is 0 Å². The minimum Gasteiger partial charge on any atom is -0.495 e. The lowest BCUT2D eigenvalue weighted by molar-refractivity contribution is 0.102. The number of rotatable bonds is 5. The fourth-order valence-electron chi connectivity index (χ4n) is 3.42. The lowest BCUT2D eigenvalue weighted by atomic mass is 10.2. The molecule has 0 aliphatic carbocycles. The van der Waals surface area contributed by atoms with Crippen molar-refractivity contribution in [1.29, 1.82) is 0 Å². The molecule has 8 heteroatoms. The van der Waals surface area contributed by atoms with Crippen molar-refractivity contribution in [3.8, 4) is 5.75 Å². The van der Waals surface area contributed by atoms with Crippen molar-refractivity contribution in [3.63, 3.8) is 0 Å². The van der Waals surface area contributed by atoms with Gasteiger partial charge < -0.3 is 14.5 Å². The van der Waals surface area contributed by atoms with Crippen LogP contribution in [0.25, 0.3) is 0 Å². The molecule has 2 heterocycles. The van der Waals surface area contributed by atoms with Crippen molar-refractivity contribution < 1.29 is 22.4 Å². The summed E-state index contributed by atoms with van der Waals surface area (Å²) in [5, 5.41) is 2.75. The Morgan fingerprint density at radius 3 is 2.36 bits per heavy atom. The summed E-state index contributed by atoms with van der Waals surface area (Å²) in [5.74, 6) is 1.15. The van der Waals surface area contributed by atoms with E-state index in [9.17, 15) is 13.2 Å². The molecule has 1 amide bonds. The van der Waals surface area contributed by atoms with Crippen LogP contribution in [0.4, 0.5) is 5.69 Å². The predicted octanol–water partition coefficient (Wildman–Crippen LogP) is 3.72. The molecule has 7 nitrogen and oxygen atoms in total. The van der Waals surface area contributed by atoms with Crippen LogP contribution in [0.2, 0.25) is 0 Å². The predicted molar refractivity (Wildman–Crippen MR) is 106 cm³/mol. The molecule has 1 N–H and O–H groups in total. The van der Waals surface area contributed by atoms with Crippen molar-refractivity contribution in [2.24, 2.45) is 0 Å². The van der Waals surface area contributed by atoms with Crippen molar-refractivity contribution in [3.05, 3.63) is 41.3 Å². The topological polar surface area (TPSA) is 88.9 Å². The normalized spacial score (nSPS) is 15.8. The second kappa shape index (κ2) is 8.36. The van der Waals surface area contributed by atoms with Gasteiger partial charge in [0.15, 0.2) is 0 Å². The van der Waals surface area contributed by atoms with Gasteiger partial charge >= 0.3 is 0 Å². The first-order chi connectivity index (χ1) is 13.3. The molecule has 0 spiro atoms. The van der Waals surface area contributed by atoms with Gasteiger partial charge in [-0.1, -0.05) is 12.8 Å². The molecule has 0 atom stereocenters. The molecule has 152 valence electrons. The third-order valence-electron chi connectivity index (χ3n) is 4.91. The van der Waals surface area contributed by atoms with E-state index < -0.39 is 10.0 Å². The molecule has 3 rings (SSSR count). The van der Waals surface area contributed by atoms with Gasteiger partial charge in [-0.25, -0.2) is 8.42 Å². The summed E-state index contributed by atoms with van der Waals surface area (Å²) in [7, 11) is -2.16. The molecule has 1 aliphatic rings. The Kier molecular flexibility index (Phi) is 6.10. The average Bonchev–Trinajstić information content (AvgIpc) is 2.86. The molecule has 1 aromatic carbocycles. The smallest absolute Gasteiger partial charge is 0.259 e. The van der Waals surface area contributed by atoms with Gasteiger partial charge in [0.05, 0.1) is 23.3 Å². The van der Waals surface area contributed by atoms with Crippen LogP contribution in [-0.2, 0) is 10.0 Å². The number of ether oxygens (including phenoxy) is 1. The van der Waals surface area contributed by atoms with Crippen molar-refractivity contribution >= 4 is 21.6 Å². The molecular weight excluding hydrogens is 380 g/mol. The highest BCUT2D eigenvalue weighted by Crippen LogP contribution is 2.30. The van der Waals surface area contributed by atoms with E-state index in [0.717, 1.165) is 25.7 Å². The first kappa shape index (κ1) is 20.4. The second-order valence-electron chi connectivity index (χ2n) is 6.96. The van der Waals surface area contributed by atoms with Crippen LogP contribution in [0.5, 0.6) is 5.75 Å². The van der Waals surface area contributed by atoms with Gasteiger partial charge in [0.25, 0.3) is 5.91 Å². The number of carbonyl (C=O) groups is 1. The highest BCUT2D eigenvalue weighted by molar-refractivity contribution is 7.89. The third kappa shape index (κ3) is 4.23. The number of amides is 1. The van der Waals surface area contributed by atoms with Crippen LogP contribution in [0.15, 0.2) is 33.6 Å². The zero-order valence-corrected chi connectivity index (χ0v) is 17.3. The Morgan fingerprint density at radius 1 is 1.11 bits per heavy atom. The summed E-state index contributed by atoms with van der Waals surface area (Å²) in [6.07, 6.45) is 3.80. The van der Waals surface area contributed by atoms with E-state index in [2.05, 4.69) is 5.32 Å². The molecule has 0 unspecified atom stereocenters. The lowest BCUT2D eigenvalue weighted by Crippen LogP contribution is -2.32. The third-order valence-corrected chi connectivity index (χ3v) is 6.80. The quantitative estimate of drug-likeness (QED) is 0.817. The maximum Gasteiger partial charge on any atom is 0.259 e. The summed E-state index contributed by atoms with van der Waals surface area (Å²) >= 11 is 0. The number of hydrogen-bond donors (Lipinski definition) is 1. The Balaban J connectivity index is 1.91. The highest BCUT2D eigenvalue weighted by atomic mass is 32.2. The van der Waals surface area contributed by atoms with Crippen molar-refractivity contribution in [2.75, 3.05) is 25.5 Å². The Labute approximate surface area is 165 Å². The minimum absolute atomic E-state index is 0.144. The highest BCUT2D eigenvalue weighted by Gasteiger charge is 2.26. The maximum atomic E-state index is 13.1. The van der Waals surface area contributed by atoms with E-state index in [1.165, 1.54) is 23.5 Å². The first-order valence-corrected chi connectivity index (χ1v) is 10.8. The van der Waals surface area contributed by atoms with E-state index in [-0.39, 0.29) is 10.8 Å². The number of carbonyl (C=O) groups excluding carboxylic acids is 1. The lowest BCUT2D eigenvalue weighted by Gasteiger charge is -2.21. The van der Waals surface area contributed by atoms with Crippen LogP contribution in [0, 0.1) is 13.8 Å². The monoisotopic (exact) mass is 406 g/mol. The second-order valence-corrected chi connectivity index (χ2v) is 8.90. The minimum atomic E-state index is -3.63. The zero-order valence-electron chi connectivity index (χ0n) is 16.4. The van der Waals surface area contributed by atoms with Gasteiger partial charge in [-0.05, 0) is 51.0 Å². The molecular formula is C20H26N2O5S. The molecule has 0 saturated carbocycles. The molecule has 1 aromatic heterocycles. The number of anilines is 1. The largest absolute Gasteiger partial charge is 0.495 e. The van der Waals surface area contributed by atoms with Crippen LogP contribution in [0.3, 0.4) is 0 Å². The molecule has 1 aliphatic heterocycles. The van der Waals surface area contributed by atoms with Gasteiger partial charge in [-0.2, -0.15) is 4.31 Å². The zero-order chi connectivity index (χ0) is 20.3. The molecule has 1 fully saturated rings. The maximum absolute atomic E-state index is 13.1. The van der Waals surface area contributed by atoms with Crippen LogP contribution in [-0.4, -0.2) is 38.8 Å².